The molecule has 0 fully saturated rings. The molecule has 0 atom stereocenters. The molecule has 0 saturated carbocycles. The van der Waals surface area contributed by atoms with Crippen molar-refractivity contribution in [1.82, 2.24) is 0 Å². The molecule has 10 heavy (non-hydrogen) atoms. The zero-order valence-electron chi connectivity index (χ0n) is 6.31. The third kappa shape index (κ3) is 0.923. The predicted molar refractivity (Wildman–Crippen MR) is 44.7 cm³/mol. The highest BCUT2D eigenvalue weighted by molar-refractivity contribution is 5.70. The van der Waals surface area contributed by atoms with E-state index in [0.717, 1.165) is 11.1 Å². The van der Waals surface area contributed by atoms with Crippen LogP contribution in [0.3, 0.4) is 0 Å². The second kappa shape index (κ2) is 2.21. The molecule has 54 valence electrons. The lowest BCUT2D eigenvalue weighted by atomic mass is 10.1. The van der Waals surface area contributed by atoms with E-state index in [9.17, 15) is 0 Å². The zero-order valence-corrected chi connectivity index (χ0v) is 6.31. The Morgan fingerprint density at radius 1 is 0.900 bits per heavy atom. The minimum Gasteiger partial charge on any atom is -0.397 e. The Morgan fingerprint density at radius 2 is 1.20 bits per heavy atom. The molecular weight excluding hydrogens is 124 g/mol. The van der Waals surface area contributed by atoms with Crippen molar-refractivity contribution in [1.29, 1.82) is 0 Å². The van der Waals surface area contributed by atoms with Gasteiger partial charge in [0, 0.05) is 0 Å². The summed E-state index contributed by atoms with van der Waals surface area (Å²) in [4.78, 5) is 0. The molecule has 0 heterocycles. The number of nitrogens with two attached hydrogens (primary N) is 2. The van der Waals surface area contributed by atoms with Gasteiger partial charge in [-0.25, -0.2) is 0 Å². The van der Waals surface area contributed by atoms with Crippen LogP contribution in [0.15, 0.2) is 12.1 Å². The van der Waals surface area contributed by atoms with Gasteiger partial charge < -0.3 is 11.5 Å². The fourth-order valence-corrected chi connectivity index (χ4v) is 0.854. The minimum atomic E-state index is 0.708. The van der Waals surface area contributed by atoms with Gasteiger partial charge in [0.2, 0.25) is 0 Å². The Hall–Kier alpha value is -1.18. The third-order valence-electron chi connectivity index (χ3n) is 1.72. The summed E-state index contributed by atoms with van der Waals surface area (Å²) < 4.78 is 0. The number of nitrogen functional groups attached to an aromatic ring is 2. The van der Waals surface area contributed by atoms with Crippen molar-refractivity contribution in [3.8, 4) is 0 Å². The summed E-state index contributed by atoms with van der Waals surface area (Å²) in [5.41, 5.74) is 14.8. The molecule has 0 saturated heterocycles. The first-order valence-electron chi connectivity index (χ1n) is 3.24. The Labute approximate surface area is 60.8 Å². The number of aryl methyl sites for hydroxylation is 2. The van der Waals surface area contributed by atoms with E-state index in [4.69, 9.17) is 11.5 Å². The SMILES string of the molecule is Cc1ccc(C)c(N)c1N. The molecule has 0 spiro atoms. The van der Waals surface area contributed by atoms with Gasteiger partial charge >= 0.3 is 0 Å². The zero-order chi connectivity index (χ0) is 7.72. The predicted octanol–water partition coefficient (Wildman–Crippen LogP) is 1.47. The second-order valence-electron chi connectivity index (χ2n) is 2.53. The smallest absolute Gasteiger partial charge is 0.0580 e. The van der Waals surface area contributed by atoms with Crippen molar-refractivity contribution in [2.45, 2.75) is 13.8 Å². The first kappa shape index (κ1) is 6.93. The van der Waals surface area contributed by atoms with Crippen LogP contribution in [0.5, 0.6) is 0 Å². The average Bonchev–Trinajstić information content (AvgIpc) is 1.93. The van der Waals surface area contributed by atoms with Gasteiger partial charge in [0.05, 0.1) is 11.4 Å². The van der Waals surface area contributed by atoms with Crippen LogP contribution in [0, 0.1) is 13.8 Å². The molecule has 0 aromatic heterocycles. The van der Waals surface area contributed by atoms with Crippen molar-refractivity contribution in [3.05, 3.63) is 23.3 Å². The normalized spacial score (nSPS) is 9.80. The Kier molecular flexibility index (Phi) is 1.53. The van der Waals surface area contributed by atoms with E-state index < -0.39 is 0 Å². The average molecular weight is 136 g/mol. The van der Waals surface area contributed by atoms with Gasteiger partial charge in [0.15, 0.2) is 0 Å². The van der Waals surface area contributed by atoms with Gasteiger partial charge in [0.25, 0.3) is 0 Å². The summed E-state index contributed by atoms with van der Waals surface area (Å²) in [5, 5.41) is 0. The van der Waals surface area contributed by atoms with Crippen molar-refractivity contribution >= 4 is 11.4 Å². The van der Waals surface area contributed by atoms with Gasteiger partial charge in [-0.2, -0.15) is 0 Å². The van der Waals surface area contributed by atoms with Crippen LogP contribution in [-0.4, -0.2) is 0 Å². The second-order valence-corrected chi connectivity index (χ2v) is 2.53. The van der Waals surface area contributed by atoms with Crippen molar-refractivity contribution < 1.29 is 0 Å². The van der Waals surface area contributed by atoms with E-state index in [1.807, 2.05) is 26.0 Å². The third-order valence-corrected chi connectivity index (χ3v) is 1.72. The fourth-order valence-electron chi connectivity index (χ4n) is 0.854. The molecule has 0 amide bonds. The first-order valence-corrected chi connectivity index (χ1v) is 3.24. The Balaban J connectivity index is 3.34. The molecule has 1 rings (SSSR count). The summed E-state index contributed by atoms with van der Waals surface area (Å²) in [7, 11) is 0. The summed E-state index contributed by atoms with van der Waals surface area (Å²) in [6, 6.07) is 3.95. The van der Waals surface area contributed by atoms with E-state index in [2.05, 4.69) is 0 Å². The van der Waals surface area contributed by atoms with Gasteiger partial charge in [-0.05, 0) is 25.0 Å². The quantitative estimate of drug-likeness (QED) is 0.530. The number of benzene rings is 1. The van der Waals surface area contributed by atoms with Crippen molar-refractivity contribution in [2.75, 3.05) is 11.5 Å². The van der Waals surface area contributed by atoms with Crippen LogP contribution in [0.1, 0.15) is 11.1 Å². The van der Waals surface area contributed by atoms with E-state index in [0.29, 0.717) is 11.4 Å². The molecule has 0 aliphatic heterocycles. The molecule has 0 aliphatic carbocycles. The summed E-state index contributed by atoms with van der Waals surface area (Å²) >= 11 is 0. The molecule has 1 aromatic carbocycles. The molecule has 2 heteroatoms. The van der Waals surface area contributed by atoms with Crippen LogP contribution in [0.25, 0.3) is 0 Å². The molecule has 0 unspecified atom stereocenters. The lowest BCUT2D eigenvalue weighted by Crippen LogP contribution is -1.98. The first-order chi connectivity index (χ1) is 4.63. The molecule has 1 aromatic rings. The monoisotopic (exact) mass is 136 g/mol. The highest BCUT2D eigenvalue weighted by Gasteiger charge is 1.99. The van der Waals surface area contributed by atoms with E-state index in [1.165, 1.54) is 0 Å². The lowest BCUT2D eigenvalue weighted by Gasteiger charge is -2.05. The fraction of sp³-hybridized carbons (Fsp3) is 0.250. The summed E-state index contributed by atoms with van der Waals surface area (Å²) in [6.07, 6.45) is 0. The molecule has 2 nitrogen and oxygen atoms in total. The largest absolute Gasteiger partial charge is 0.397 e. The van der Waals surface area contributed by atoms with Crippen LogP contribution >= 0.6 is 0 Å². The van der Waals surface area contributed by atoms with Gasteiger partial charge in [-0.1, -0.05) is 12.1 Å². The standard InChI is InChI=1S/C8H12N2/c1-5-3-4-6(2)8(10)7(5)9/h3-4H,9-10H2,1-2H3. The van der Waals surface area contributed by atoms with Crippen molar-refractivity contribution in [2.24, 2.45) is 0 Å². The van der Waals surface area contributed by atoms with Crippen LogP contribution in [0.2, 0.25) is 0 Å². The highest BCUT2D eigenvalue weighted by atomic mass is 14.7. The Morgan fingerprint density at radius 3 is 1.50 bits per heavy atom. The van der Waals surface area contributed by atoms with E-state index in [1.54, 1.807) is 0 Å². The van der Waals surface area contributed by atoms with Crippen LogP contribution < -0.4 is 11.5 Å². The molecule has 0 radical (unpaired) electrons. The summed E-state index contributed by atoms with van der Waals surface area (Å²) in [5.74, 6) is 0. The van der Waals surface area contributed by atoms with Crippen molar-refractivity contribution in [3.63, 3.8) is 0 Å². The maximum absolute atomic E-state index is 5.66. The number of rotatable bonds is 0. The molecule has 0 bridgehead atoms. The molecule has 0 aliphatic rings. The van der Waals surface area contributed by atoms with Gasteiger partial charge in [-0.15, -0.1) is 0 Å². The van der Waals surface area contributed by atoms with Crippen LogP contribution in [-0.2, 0) is 0 Å². The minimum absolute atomic E-state index is 0.708. The molecular formula is C8H12N2. The maximum atomic E-state index is 5.66. The molecule has 4 N–H and O–H groups in total. The highest BCUT2D eigenvalue weighted by Crippen LogP contribution is 2.22. The maximum Gasteiger partial charge on any atom is 0.0580 e. The topological polar surface area (TPSA) is 52.0 Å². The van der Waals surface area contributed by atoms with E-state index >= 15 is 0 Å². The van der Waals surface area contributed by atoms with Gasteiger partial charge in [0.1, 0.15) is 0 Å². The lowest BCUT2D eigenvalue weighted by molar-refractivity contribution is 1.40. The number of hydrogen-bond acceptors (Lipinski definition) is 2. The van der Waals surface area contributed by atoms with Gasteiger partial charge in [-0.3, -0.25) is 0 Å². The van der Waals surface area contributed by atoms with E-state index in [-0.39, 0.29) is 0 Å². The Bertz CT molecular complexity index is 227. The van der Waals surface area contributed by atoms with Crippen LogP contribution in [0.4, 0.5) is 11.4 Å². The number of anilines is 2. The summed E-state index contributed by atoms with van der Waals surface area (Å²) in [6.45, 7) is 3.90. The number of hydrogen-bond donors (Lipinski definition) is 2.